The molecule has 0 aliphatic heterocycles. The predicted octanol–water partition coefficient (Wildman–Crippen LogP) is 4.02. The van der Waals surface area contributed by atoms with Crippen molar-refractivity contribution in [2.75, 3.05) is 0 Å². The third-order valence-electron chi connectivity index (χ3n) is 1.94. The molecule has 2 nitrogen and oxygen atoms in total. The number of fused-ring (bicyclic) bond motifs is 1. The van der Waals surface area contributed by atoms with Gasteiger partial charge in [0.15, 0.2) is 0 Å². The quantitative estimate of drug-likeness (QED) is 0.674. The van der Waals surface area contributed by atoms with Gasteiger partial charge in [-0.15, -0.1) is 0 Å². The van der Waals surface area contributed by atoms with Crippen LogP contribution in [0, 0.1) is 14.9 Å². The van der Waals surface area contributed by atoms with Crippen molar-refractivity contribution in [1.29, 1.82) is 5.26 Å². The molecule has 74 valence electrons. The molecular weight excluding hydrogens is 346 g/mol. The minimum Gasteiger partial charge on any atom is -0.254 e. The fourth-order valence-electron chi connectivity index (χ4n) is 1.27. The molecule has 0 saturated heterocycles. The van der Waals surface area contributed by atoms with Crippen LogP contribution in [-0.2, 0) is 0 Å². The Morgan fingerprint density at radius 3 is 2.73 bits per heavy atom. The Morgan fingerprint density at radius 2 is 2.07 bits per heavy atom. The van der Waals surface area contributed by atoms with Crippen LogP contribution in [0.2, 0.25) is 10.0 Å². The van der Waals surface area contributed by atoms with E-state index in [9.17, 15) is 0 Å². The smallest absolute Gasteiger partial charge is 0.102 e. The summed E-state index contributed by atoms with van der Waals surface area (Å²) in [6, 6.07) is 5.51. The molecule has 0 unspecified atom stereocenters. The Hall–Kier alpha value is -0.570. The van der Waals surface area contributed by atoms with Gasteiger partial charge < -0.3 is 0 Å². The Morgan fingerprint density at radius 1 is 1.33 bits per heavy atom. The summed E-state index contributed by atoms with van der Waals surface area (Å²) >= 11 is 14.1. The molecule has 1 aromatic carbocycles. The van der Waals surface area contributed by atoms with Crippen LogP contribution in [0.1, 0.15) is 5.56 Å². The summed E-state index contributed by atoms with van der Waals surface area (Å²) in [6.45, 7) is 0. The summed E-state index contributed by atoms with van der Waals surface area (Å²) in [5, 5.41) is 10.5. The van der Waals surface area contributed by atoms with Crippen LogP contribution in [0.25, 0.3) is 10.9 Å². The summed E-state index contributed by atoms with van der Waals surface area (Å²) in [4.78, 5) is 4.18. The minimum absolute atomic E-state index is 0.363. The summed E-state index contributed by atoms with van der Waals surface area (Å²) in [5.41, 5.74) is 1.13. The van der Waals surface area contributed by atoms with E-state index in [1.54, 1.807) is 12.1 Å². The monoisotopic (exact) mass is 348 g/mol. The molecule has 2 rings (SSSR count). The predicted molar refractivity (Wildman–Crippen MR) is 69.2 cm³/mol. The molecule has 0 atom stereocenters. The van der Waals surface area contributed by atoms with Gasteiger partial charge in [0.25, 0.3) is 0 Å². The van der Waals surface area contributed by atoms with Crippen LogP contribution >= 0.6 is 45.8 Å². The summed E-state index contributed by atoms with van der Waals surface area (Å²) in [5.74, 6) is 0. The first-order chi connectivity index (χ1) is 7.13. The van der Waals surface area contributed by atoms with Gasteiger partial charge in [-0.25, -0.2) is 0 Å². The van der Waals surface area contributed by atoms with Crippen molar-refractivity contribution in [1.82, 2.24) is 4.98 Å². The molecule has 5 heteroatoms. The second-order valence-corrected chi connectivity index (χ2v) is 4.86. The van der Waals surface area contributed by atoms with Crippen LogP contribution in [0.3, 0.4) is 0 Å². The zero-order valence-corrected chi connectivity index (χ0v) is 10.9. The molecular formula is C10H3Cl2IN2. The van der Waals surface area contributed by atoms with Crippen molar-refractivity contribution >= 4 is 56.7 Å². The van der Waals surface area contributed by atoms with E-state index in [0.29, 0.717) is 21.0 Å². The lowest BCUT2D eigenvalue weighted by Crippen LogP contribution is -1.88. The number of hydrogen-bond donors (Lipinski definition) is 0. The topological polar surface area (TPSA) is 36.7 Å². The Bertz CT molecular complexity index is 590. The molecule has 0 N–H and O–H groups in total. The van der Waals surface area contributed by atoms with E-state index in [4.69, 9.17) is 28.5 Å². The van der Waals surface area contributed by atoms with Gasteiger partial charge in [-0.3, -0.25) is 4.98 Å². The van der Waals surface area contributed by atoms with E-state index in [-0.39, 0.29) is 0 Å². The minimum atomic E-state index is 0.363. The van der Waals surface area contributed by atoms with Crippen LogP contribution in [-0.4, -0.2) is 4.98 Å². The molecule has 0 radical (unpaired) electrons. The zero-order valence-electron chi connectivity index (χ0n) is 7.26. The molecule has 1 aromatic heterocycles. The van der Waals surface area contributed by atoms with E-state index in [0.717, 1.165) is 9.09 Å². The number of hydrogen-bond acceptors (Lipinski definition) is 2. The number of pyridine rings is 1. The van der Waals surface area contributed by atoms with Gasteiger partial charge in [-0.05, 0) is 34.7 Å². The Labute approximate surface area is 110 Å². The molecule has 0 saturated carbocycles. The lowest BCUT2D eigenvalue weighted by atomic mass is 10.2. The highest BCUT2D eigenvalue weighted by atomic mass is 127. The summed E-state index contributed by atoms with van der Waals surface area (Å²) in [6.07, 6.45) is 1.47. The molecule has 0 spiro atoms. The molecule has 0 amide bonds. The van der Waals surface area contributed by atoms with Gasteiger partial charge in [0, 0.05) is 20.2 Å². The third-order valence-corrected chi connectivity index (χ3v) is 3.39. The van der Waals surface area contributed by atoms with Crippen LogP contribution in [0.15, 0.2) is 18.3 Å². The lowest BCUT2D eigenvalue weighted by Gasteiger charge is -2.04. The first-order valence-electron chi connectivity index (χ1n) is 3.97. The largest absolute Gasteiger partial charge is 0.254 e. The Balaban J connectivity index is 2.94. The number of aromatic nitrogens is 1. The van der Waals surface area contributed by atoms with Crippen LogP contribution in [0.5, 0.6) is 0 Å². The van der Waals surface area contributed by atoms with Crippen molar-refractivity contribution < 1.29 is 0 Å². The number of nitrogens with zero attached hydrogens (tertiary/aromatic N) is 2. The van der Waals surface area contributed by atoms with Crippen molar-refractivity contribution in [3.8, 4) is 6.07 Å². The second-order valence-electron chi connectivity index (χ2n) is 2.88. The number of benzene rings is 1. The van der Waals surface area contributed by atoms with Crippen molar-refractivity contribution in [3.05, 3.63) is 37.5 Å². The van der Waals surface area contributed by atoms with E-state index in [1.165, 1.54) is 6.20 Å². The normalized spacial score (nSPS) is 10.3. The molecule has 0 fully saturated rings. The highest BCUT2D eigenvalue weighted by Gasteiger charge is 2.09. The van der Waals surface area contributed by atoms with Gasteiger partial charge >= 0.3 is 0 Å². The Kier molecular flexibility index (Phi) is 3.01. The molecule has 0 aliphatic rings. The van der Waals surface area contributed by atoms with Gasteiger partial charge in [-0.1, -0.05) is 23.2 Å². The van der Waals surface area contributed by atoms with E-state index in [1.807, 2.05) is 6.07 Å². The number of nitriles is 1. The molecule has 0 aliphatic carbocycles. The summed E-state index contributed by atoms with van der Waals surface area (Å²) < 4.78 is 0.918. The summed E-state index contributed by atoms with van der Waals surface area (Å²) in [7, 11) is 0. The number of rotatable bonds is 0. The fourth-order valence-corrected chi connectivity index (χ4v) is 2.68. The van der Waals surface area contributed by atoms with Crippen molar-refractivity contribution in [3.63, 3.8) is 0 Å². The van der Waals surface area contributed by atoms with Gasteiger partial charge in [0.2, 0.25) is 0 Å². The standard InChI is InChI=1S/C10H3Cl2IN2/c11-6-1-7-9(12)5(3-14)4-15-10(7)8(13)2-6/h1-2,4H. The molecule has 1 heterocycles. The SMILES string of the molecule is N#Cc1cnc2c(I)cc(Cl)cc2c1Cl. The van der Waals surface area contributed by atoms with Crippen LogP contribution in [0.4, 0.5) is 0 Å². The average Bonchev–Trinajstić information content (AvgIpc) is 2.19. The van der Waals surface area contributed by atoms with Gasteiger partial charge in [0.1, 0.15) is 6.07 Å². The maximum atomic E-state index is 8.81. The van der Waals surface area contributed by atoms with E-state index >= 15 is 0 Å². The highest BCUT2D eigenvalue weighted by molar-refractivity contribution is 14.1. The van der Waals surface area contributed by atoms with Crippen molar-refractivity contribution in [2.45, 2.75) is 0 Å². The first-order valence-corrected chi connectivity index (χ1v) is 5.80. The van der Waals surface area contributed by atoms with Crippen LogP contribution < -0.4 is 0 Å². The fraction of sp³-hybridized carbons (Fsp3) is 0. The zero-order chi connectivity index (χ0) is 11.0. The average molecular weight is 349 g/mol. The third kappa shape index (κ3) is 1.89. The molecule has 0 bridgehead atoms. The highest BCUT2D eigenvalue weighted by Crippen LogP contribution is 2.30. The van der Waals surface area contributed by atoms with E-state index in [2.05, 4.69) is 27.6 Å². The molecule has 2 aromatic rings. The first kappa shape index (κ1) is 10.9. The molecule has 15 heavy (non-hydrogen) atoms. The lowest BCUT2D eigenvalue weighted by molar-refractivity contribution is 1.36. The van der Waals surface area contributed by atoms with Gasteiger partial charge in [-0.2, -0.15) is 5.26 Å². The second kappa shape index (κ2) is 4.12. The number of halogens is 3. The van der Waals surface area contributed by atoms with Crippen molar-refractivity contribution in [2.24, 2.45) is 0 Å². The van der Waals surface area contributed by atoms with E-state index < -0.39 is 0 Å². The van der Waals surface area contributed by atoms with Gasteiger partial charge in [0.05, 0.1) is 16.1 Å². The maximum Gasteiger partial charge on any atom is 0.102 e. The maximum absolute atomic E-state index is 8.81.